The summed E-state index contributed by atoms with van der Waals surface area (Å²) in [6, 6.07) is 8.49. The number of aromatic hydroxyl groups is 1. The summed E-state index contributed by atoms with van der Waals surface area (Å²) < 4.78 is 1.10. The third-order valence-electron chi connectivity index (χ3n) is 3.86. The molecule has 0 bridgehead atoms. The highest BCUT2D eigenvalue weighted by atomic mass is 16.3. The number of H-pyrrole nitrogens is 1. The Hall–Kier alpha value is -3.16. The number of carbonyl (C=O) groups is 1. The Morgan fingerprint density at radius 1 is 1.23 bits per heavy atom. The summed E-state index contributed by atoms with van der Waals surface area (Å²) in [6.45, 7) is 3.96. The molecule has 0 aliphatic heterocycles. The fourth-order valence-electron chi connectivity index (χ4n) is 2.43. The maximum atomic E-state index is 12.2. The smallest absolute Gasteiger partial charge is 0.331 e. The van der Waals surface area contributed by atoms with Crippen LogP contribution in [0.2, 0.25) is 0 Å². The Balaban J connectivity index is 2.39. The van der Waals surface area contributed by atoms with Crippen LogP contribution in [0.5, 0.6) is 5.88 Å². The van der Waals surface area contributed by atoms with Crippen molar-refractivity contribution in [2.75, 3.05) is 0 Å². The van der Waals surface area contributed by atoms with Gasteiger partial charge in [0.1, 0.15) is 5.56 Å². The van der Waals surface area contributed by atoms with Crippen LogP contribution in [0.25, 0.3) is 0 Å². The molecule has 0 aliphatic carbocycles. The highest BCUT2D eigenvalue weighted by Crippen LogP contribution is 2.14. The molecule has 0 spiro atoms. The maximum absolute atomic E-state index is 12.2. The normalized spacial score (nSPS) is 11.4. The van der Waals surface area contributed by atoms with Gasteiger partial charge >= 0.3 is 5.69 Å². The van der Waals surface area contributed by atoms with Crippen molar-refractivity contribution in [3.05, 3.63) is 62.3 Å². The quantitative estimate of drug-likeness (QED) is 0.515. The zero-order valence-electron chi connectivity index (χ0n) is 14.8. The van der Waals surface area contributed by atoms with Gasteiger partial charge in [-0.05, 0) is 25.0 Å². The molecule has 0 atom stereocenters. The summed E-state index contributed by atoms with van der Waals surface area (Å²) >= 11 is 0. The topological polar surface area (TPSA) is 117 Å². The Morgan fingerprint density at radius 3 is 2.54 bits per heavy atom. The summed E-state index contributed by atoms with van der Waals surface area (Å²) in [4.78, 5) is 38.4. The first-order valence-corrected chi connectivity index (χ1v) is 8.48. The number of aromatic amines is 1. The summed E-state index contributed by atoms with van der Waals surface area (Å²) in [5.74, 6) is -0.881. The summed E-state index contributed by atoms with van der Waals surface area (Å²) in [6.07, 6.45) is 1.77. The fourth-order valence-corrected chi connectivity index (χ4v) is 2.43. The molecule has 26 heavy (non-hydrogen) atoms. The van der Waals surface area contributed by atoms with Crippen LogP contribution in [0.1, 0.15) is 49.0 Å². The van der Waals surface area contributed by atoms with Crippen LogP contribution >= 0.6 is 0 Å². The highest BCUT2D eigenvalue weighted by Gasteiger charge is 2.18. The first kappa shape index (κ1) is 19.2. The lowest BCUT2D eigenvalue weighted by Crippen LogP contribution is -2.34. The van der Waals surface area contributed by atoms with Crippen molar-refractivity contribution >= 4 is 11.6 Å². The van der Waals surface area contributed by atoms with Crippen molar-refractivity contribution in [2.24, 2.45) is 5.10 Å². The van der Waals surface area contributed by atoms with Crippen LogP contribution < -0.4 is 16.7 Å². The molecular formula is C18H22N4O4. The second-order valence-electron chi connectivity index (χ2n) is 5.68. The monoisotopic (exact) mass is 358 g/mol. The molecule has 0 aliphatic rings. The zero-order valence-corrected chi connectivity index (χ0v) is 14.8. The number of benzene rings is 1. The minimum Gasteiger partial charge on any atom is -0.494 e. The van der Waals surface area contributed by atoms with E-state index in [0.717, 1.165) is 11.0 Å². The molecule has 1 amide bonds. The molecule has 0 unspecified atom stereocenters. The minimum absolute atomic E-state index is 0.114. The van der Waals surface area contributed by atoms with Gasteiger partial charge < -0.3 is 5.11 Å². The second kappa shape index (κ2) is 8.80. The predicted molar refractivity (Wildman–Crippen MR) is 98.6 cm³/mol. The van der Waals surface area contributed by atoms with Gasteiger partial charge in [0.2, 0.25) is 5.88 Å². The van der Waals surface area contributed by atoms with Crippen molar-refractivity contribution < 1.29 is 9.90 Å². The van der Waals surface area contributed by atoms with Crippen molar-refractivity contribution in [3.63, 3.8) is 0 Å². The number of aromatic nitrogens is 2. The number of rotatable bonds is 7. The Labute approximate surface area is 150 Å². The van der Waals surface area contributed by atoms with Crippen molar-refractivity contribution in [1.82, 2.24) is 15.0 Å². The lowest BCUT2D eigenvalue weighted by Gasteiger charge is -2.12. The van der Waals surface area contributed by atoms with Gasteiger partial charge in [-0.2, -0.15) is 5.10 Å². The molecule has 0 fully saturated rings. The molecule has 0 saturated carbocycles. The third-order valence-corrected chi connectivity index (χ3v) is 3.86. The van der Waals surface area contributed by atoms with Crippen LogP contribution in [0.3, 0.4) is 0 Å². The fraction of sp³-hybridized carbons (Fsp3) is 0.333. The summed E-state index contributed by atoms with van der Waals surface area (Å²) in [5.41, 5.74) is 1.44. The average Bonchev–Trinajstić information content (AvgIpc) is 2.64. The van der Waals surface area contributed by atoms with Gasteiger partial charge in [0.15, 0.2) is 0 Å². The number of carbonyl (C=O) groups excluding carboxylic acids is 1. The van der Waals surface area contributed by atoms with Crippen molar-refractivity contribution in [2.45, 2.75) is 39.7 Å². The molecular weight excluding hydrogens is 336 g/mol. The Kier molecular flexibility index (Phi) is 6.48. The zero-order chi connectivity index (χ0) is 19.1. The molecule has 0 saturated heterocycles. The lowest BCUT2D eigenvalue weighted by molar-refractivity contribution is 0.0954. The van der Waals surface area contributed by atoms with E-state index in [1.54, 1.807) is 37.3 Å². The first-order chi connectivity index (χ1) is 12.5. The number of hydrazone groups is 1. The Bertz CT molecular complexity index is 913. The van der Waals surface area contributed by atoms with Crippen LogP contribution in [0.4, 0.5) is 0 Å². The molecule has 8 heteroatoms. The summed E-state index contributed by atoms with van der Waals surface area (Å²) in [7, 11) is 0. The van der Waals surface area contributed by atoms with E-state index < -0.39 is 23.0 Å². The number of unbranched alkanes of at least 4 members (excludes halogenated alkanes) is 1. The largest absolute Gasteiger partial charge is 0.494 e. The molecule has 1 aromatic heterocycles. The molecule has 2 aromatic rings. The van der Waals surface area contributed by atoms with E-state index >= 15 is 0 Å². The molecule has 1 heterocycles. The van der Waals surface area contributed by atoms with E-state index in [1.165, 1.54) is 0 Å². The Morgan fingerprint density at radius 2 is 1.92 bits per heavy atom. The number of nitrogens with zero attached hydrogens (tertiary/aromatic N) is 2. The number of hydrogen-bond donors (Lipinski definition) is 3. The molecule has 3 N–H and O–H groups in total. The van der Waals surface area contributed by atoms with Gasteiger partial charge in [-0.15, -0.1) is 0 Å². The van der Waals surface area contributed by atoms with Gasteiger partial charge in [0.25, 0.3) is 11.5 Å². The van der Waals surface area contributed by atoms with E-state index in [9.17, 15) is 19.5 Å². The van der Waals surface area contributed by atoms with E-state index in [4.69, 9.17) is 0 Å². The minimum atomic E-state index is -0.741. The van der Waals surface area contributed by atoms with Crippen LogP contribution in [-0.2, 0) is 6.54 Å². The van der Waals surface area contributed by atoms with Crippen molar-refractivity contribution in [1.29, 1.82) is 0 Å². The van der Waals surface area contributed by atoms with E-state index in [-0.39, 0.29) is 24.2 Å². The van der Waals surface area contributed by atoms with Crippen LogP contribution in [-0.4, -0.2) is 26.3 Å². The van der Waals surface area contributed by atoms with Crippen molar-refractivity contribution in [3.8, 4) is 5.88 Å². The standard InChI is InChI=1S/C18H22N4O4/c1-3-5-11-22-17(25)14(16(24)19-18(22)26)13(4-2)20-21-15(23)12-9-7-6-8-10-12/h6-10,25H,3-5,11H2,1-2H3,(H,21,23)(H,19,24,26)/b20-13+. The van der Waals surface area contributed by atoms with E-state index in [0.29, 0.717) is 12.0 Å². The molecule has 1 aromatic carbocycles. The van der Waals surface area contributed by atoms with Gasteiger partial charge in [0.05, 0.1) is 5.71 Å². The summed E-state index contributed by atoms with van der Waals surface area (Å²) in [5, 5.41) is 14.4. The average molecular weight is 358 g/mol. The van der Waals surface area contributed by atoms with E-state index in [1.807, 2.05) is 6.92 Å². The van der Waals surface area contributed by atoms with Gasteiger partial charge in [-0.3, -0.25) is 19.1 Å². The van der Waals surface area contributed by atoms with Crippen LogP contribution in [0.15, 0.2) is 45.0 Å². The van der Waals surface area contributed by atoms with Crippen LogP contribution in [0, 0.1) is 0 Å². The van der Waals surface area contributed by atoms with E-state index in [2.05, 4.69) is 15.5 Å². The predicted octanol–water partition coefficient (Wildman–Crippen LogP) is 1.59. The first-order valence-electron chi connectivity index (χ1n) is 8.48. The van der Waals surface area contributed by atoms with Gasteiger partial charge in [0, 0.05) is 12.1 Å². The van der Waals surface area contributed by atoms with Gasteiger partial charge in [-0.1, -0.05) is 38.5 Å². The number of hydrogen-bond acceptors (Lipinski definition) is 5. The molecule has 2 rings (SSSR count). The molecule has 0 radical (unpaired) electrons. The SMILES string of the molecule is CCCCn1c(O)c(/C(CC)=N/NC(=O)c2ccccc2)c(=O)[nH]c1=O. The number of amides is 1. The lowest BCUT2D eigenvalue weighted by atomic mass is 10.1. The molecule has 138 valence electrons. The van der Waals surface area contributed by atoms with Gasteiger partial charge in [-0.25, -0.2) is 10.2 Å². The highest BCUT2D eigenvalue weighted by molar-refractivity contribution is 6.03. The molecule has 8 nitrogen and oxygen atoms in total. The second-order valence-corrected chi connectivity index (χ2v) is 5.68. The maximum Gasteiger partial charge on any atom is 0.331 e. The third kappa shape index (κ3) is 4.27. The number of nitrogens with one attached hydrogen (secondary N) is 2.